The van der Waals surface area contributed by atoms with Crippen molar-refractivity contribution in [3.8, 4) is 5.75 Å². The maximum absolute atomic E-state index is 12.6. The number of halogens is 4. The van der Waals surface area contributed by atoms with E-state index in [9.17, 15) is 28.1 Å². The van der Waals surface area contributed by atoms with E-state index in [-0.39, 0.29) is 10.6 Å². The average molecular weight is 346 g/mol. The number of rotatable bonds is 3. The van der Waals surface area contributed by atoms with E-state index in [1.807, 2.05) is 0 Å². The summed E-state index contributed by atoms with van der Waals surface area (Å²) in [5, 5.41) is 11.1. The lowest BCUT2D eigenvalue weighted by atomic mass is 10.2. The van der Waals surface area contributed by atoms with Crippen molar-refractivity contribution in [3.63, 3.8) is 0 Å². The van der Waals surface area contributed by atoms with Crippen molar-refractivity contribution in [3.05, 3.63) is 68.7 Å². The molecule has 0 N–H and O–H groups in total. The first-order chi connectivity index (χ1) is 10.7. The monoisotopic (exact) mass is 345 g/mol. The molecule has 0 amide bonds. The minimum atomic E-state index is -4.75. The molecule has 0 unspecified atom stereocenters. The van der Waals surface area contributed by atoms with Crippen LogP contribution in [0.15, 0.2) is 42.5 Å². The van der Waals surface area contributed by atoms with Gasteiger partial charge in [0.1, 0.15) is 0 Å². The number of ether oxygens (including phenoxy) is 1. The normalized spacial score (nSPS) is 11.1. The molecule has 0 bridgehead atoms. The number of hydrogen-bond donors (Lipinski definition) is 0. The van der Waals surface area contributed by atoms with Crippen LogP contribution in [0.2, 0.25) is 5.02 Å². The lowest BCUT2D eigenvalue weighted by Crippen LogP contribution is -2.11. The predicted molar refractivity (Wildman–Crippen MR) is 74.5 cm³/mol. The molecule has 0 saturated heterocycles. The Morgan fingerprint density at radius 3 is 2.43 bits per heavy atom. The molecular formula is C14H7ClF3NO4. The predicted octanol–water partition coefficient (Wildman–Crippen LogP) is 4.49. The Kier molecular flexibility index (Phi) is 4.55. The van der Waals surface area contributed by atoms with Crippen molar-refractivity contribution < 1.29 is 27.6 Å². The molecule has 0 aliphatic carbocycles. The Labute approximate surface area is 132 Å². The van der Waals surface area contributed by atoms with Gasteiger partial charge in [0.15, 0.2) is 0 Å². The van der Waals surface area contributed by atoms with Crippen LogP contribution < -0.4 is 4.74 Å². The van der Waals surface area contributed by atoms with E-state index in [2.05, 4.69) is 0 Å². The molecular weight excluding hydrogens is 339 g/mol. The van der Waals surface area contributed by atoms with Gasteiger partial charge in [-0.3, -0.25) is 10.1 Å². The van der Waals surface area contributed by atoms with E-state index in [4.69, 9.17) is 16.3 Å². The Morgan fingerprint density at radius 2 is 1.87 bits per heavy atom. The number of benzene rings is 2. The number of alkyl halides is 3. The summed E-state index contributed by atoms with van der Waals surface area (Å²) < 4.78 is 42.6. The van der Waals surface area contributed by atoms with Crippen LogP contribution >= 0.6 is 11.6 Å². The second-order valence-electron chi connectivity index (χ2n) is 4.34. The second-order valence-corrected chi connectivity index (χ2v) is 4.77. The molecule has 0 fully saturated rings. The van der Waals surface area contributed by atoms with Crippen LogP contribution in [0.3, 0.4) is 0 Å². The van der Waals surface area contributed by atoms with E-state index >= 15 is 0 Å². The molecule has 5 nitrogen and oxygen atoms in total. The maximum Gasteiger partial charge on any atom is 0.416 e. The van der Waals surface area contributed by atoms with Gasteiger partial charge in [-0.15, -0.1) is 0 Å². The van der Waals surface area contributed by atoms with Crippen LogP contribution in [-0.2, 0) is 6.18 Å². The molecule has 0 aliphatic rings. The largest absolute Gasteiger partial charge is 0.416 e. The summed E-state index contributed by atoms with van der Waals surface area (Å²) in [6.07, 6.45) is -4.75. The summed E-state index contributed by atoms with van der Waals surface area (Å²) in [7, 11) is 0. The molecule has 0 radical (unpaired) electrons. The Bertz CT molecular complexity index is 777. The first-order valence-corrected chi connectivity index (χ1v) is 6.39. The first kappa shape index (κ1) is 16.8. The topological polar surface area (TPSA) is 69.4 Å². The molecule has 0 aromatic heterocycles. The van der Waals surface area contributed by atoms with E-state index in [1.54, 1.807) is 0 Å². The molecule has 120 valence electrons. The molecule has 2 aromatic carbocycles. The van der Waals surface area contributed by atoms with Crippen molar-refractivity contribution >= 4 is 23.3 Å². The zero-order chi connectivity index (χ0) is 17.2. The first-order valence-electron chi connectivity index (χ1n) is 6.02. The maximum atomic E-state index is 12.6. The highest BCUT2D eigenvalue weighted by atomic mass is 35.5. The third kappa shape index (κ3) is 3.98. The quantitative estimate of drug-likeness (QED) is 0.356. The molecule has 0 atom stereocenters. The van der Waals surface area contributed by atoms with Gasteiger partial charge in [-0.25, -0.2) is 4.79 Å². The van der Waals surface area contributed by atoms with Crippen molar-refractivity contribution in [1.82, 2.24) is 0 Å². The van der Waals surface area contributed by atoms with Crippen LogP contribution in [-0.4, -0.2) is 10.9 Å². The zero-order valence-corrected chi connectivity index (χ0v) is 11.9. The molecule has 23 heavy (non-hydrogen) atoms. The van der Waals surface area contributed by atoms with Gasteiger partial charge >= 0.3 is 17.8 Å². The third-order valence-electron chi connectivity index (χ3n) is 2.75. The Hall–Kier alpha value is -2.61. The minimum Gasteiger partial charge on any atom is -0.416 e. The highest BCUT2D eigenvalue weighted by molar-refractivity contribution is 6.30. The molecule has 0 aliphatic heterocycles. The molecule has 2 aromatic rings. The van der Waals surface area contributed by atoms with Gasteiger partial charge in [-0.05, 0) is 30.3 Å². The summed E-state index contributed by atoms with van der Waals surface area (Å²) in [4.78, 5) is 21.7. The third-order valence-corrected chi connectivity index (χ3v) is 2.98. The van der Waals surface area contributed by atoms with Crippen LogP contribution in [0.5, 0.6) is 5.75 Å². The standard InChI is InChI=1S/C14H7ClF3NO4/c15-10-3-1-2-8(6-10)13(20)23-12-5-4-9(14(16,17)18)7-11(12)19(21)22/h1-7H. The number of nitro groups is 1. The molecule has 0 saturated carbocycles. The molecule has 2 rings (SSSR count). The molecule has 0 heterocycles. The van der Waals surface area contributed by atoms with Gasteiger partial charge in [0.25, 0.3) is 0 Å². The SMILES string of the molecule is O=C(Oc1ccc(C(F)(F)F)cc1[N+](=O)[O-])c1cccc(Cl)c1. The second kappa shape index (κ2) is 6.25. The van der Waals surface area contributed by atoms with E-state index < -0.39 is 34.1 Å². The summed E-state index contributed by atoms with van der Waals surface area (Å²) in [5.74, 6) is -1.57. The van der Waals surface area contributed by atoms with Crippen LogP contribution in [0, 0.1) is 10.1 Å². The smallest absolute Gasteiger partial charge is 0.416 e. The number of carbonyl (C=O) groups is 1. The highest BCUT2D eigenvalue weighted by Gasteiger charge is 2.33. The van der Waals surface area contributed by atoms with Crippen molar-refractivity contribution in [2.45, 2.75) is 6.18 Å². The number of nitro benzene ring substituents is 1. The van der Waals surface area contributed by atoms with Gasteiger partial charge in [-0.2, -0.15) is 13.2 Å². The number of carbonyl (C=O) groups excluding carboxylic acids is 1. The van der Waals surface area contributed by atoms with Crippen LogP contribution in [0.25, 0.3) is 0 Å². The van der Waals surface area contributed by atoms with Gasteiger partial charge in [0, 0.05) is 11.1 Å². The van der Waals surface area contributed by atoms with Gasteiger partial charge in [0.05, 0.1) is 16.1 Å². The van der Waals surface area contributed by atoms with E-state index in [1.165, 1.54) is 24.3 Å². The summed E-state index contributed by atoms with van der Waals surface area (Å²) in [5.41, 5.74) is -2.17. The molecule has 9 heteroatoms. The van der Waals surface area contributed by atoms with Crippen molar-refractivity contribution in [2.24, 2.45) is 0 Å². The zero-order valence-electron chi connectivity index (χ0n) is 11.1. The van der Waals surface area contributed by atoms with Gasteiger partial charge in [-0.1, -0.05) is 17.7 Å². The summed E-state index contributed by atoms with van der Waals surface area (Å²) in [6, 6.07) is 7.19. The fourth-order valence-electron chi connectivity index (χ4n) is 1.70. The van der Waals surface area contributed by atoms with Crippen LogP contribution in [0.4, 0.5) is 18.9 Å². The van der Waals surface area contributed by atoms with Crippen LogP contribution in [0.1, 0.15) is 15.9 Å². The minimum absolute atomic E-state index is 0.00620. The van der Waals surface area contributed by atoms with Gasteiger partial charge in [0.2, 0.25) is 5.75 Å². The fourth-order valence-corrected chi connectivity index (χ4v) is 1.89. The van der Waals surface area contributed by atoms with E-state index in [0.717, 1.165) is 6.07 Å². The van der Waals surface area contributed by atoms with E-state index in [0.29, 0.717) is 12.1 Å². The lowest BCUT2D eigenvalue weighted by molar-refractivity contribution is -0.385. The van der Waals surface area contributed by atoms with Crippen molar-refractivity contribution in [1.29, 1.82) is 0 Å². The summed E-state index contributed by atoms with van der Waals surface area (Å²) in [6.45, 7) is 0. The number of nitrogens with zero attached hydrogens (tertiary/aromatic N) is 1. The number of hydrogen-bond acceptors (Lipinski definition) is 4. The molecule has 0 spiro atoms. The Morgan fingerprint density at radius 1 is 1.17 bits per heavy atom. The number of esters is 1. The fraction of sp³-hybridized carbons (Fsp3) is 0.0714. The van der Waals surface area contributed by atoms with Crippen molar-refractivity contribution in [2.75, 3.05) is 0 Å². The van der Waals surface area contributed by atoms with Gasteiger partial charge < -0.3 is 4.74 Å². The lowest BCUT2D eigenvalue weighted by Gasteiger charge is -2.09. The highest BCUT2D eigenvalue weighted by Crippen LogP contribution is 2.36. The average Bonchev–Trinajstić information content (AvgIpc) is 2.46. The summed E-state index contributed by atoms with van der Waals surface area (Å²) >= 11 is 5.70. The Balaban J connectivity index is 2.36.